The Morgan fingerprint density at radius 3 is 2.31 bits per heavy atom. The molecule has 29 heavy (non-hydrogen) atoms. The Balaban J connectivity index is 1.55. The van der Waals surface area contributed by atoms with Crippen LogP contribution in [0.25, 0.3) is 11.1 Å². The van der Waals surface area contributed by atoms with E-state index in [0.29, 0.717) is 0 Å². The van der Waals surface area contributed by atoms with Gasteiger partial charge in [0.05, 0.1) is 0 Å². The summed E-state index contributed by atoms with van der Waals surface area (Å²) in [4.78, 5) is 29.1. The number of amides is 1. The molecule has 1 aliphatic carbocycles. The number of hydrogen-bond donors (Lipinski definition) is 1. The third kappa shape index (κ3) is 3.52. The monoisotopic (exact) mass is 406 g/mol. The van der Waals surface area contributed by atoms with Crippen molar-refractivity contribution in [3.63, 3.8) is 0 Å². The standard InChI is InChI=1S/C22H18N2O4S/c1-2-11-24(21-23-19(13-29-21)20(25)26)22(27)28-12-18-16-9-5-3-7-14(16)15-8-4-6-10-17(15)18/h2-10,13,18H,1,11-12H2,(H,25,26). The van der Waals surface area contributed by atoms with Crippen LogP contribution >= 0.6 is 11.3 Å². The van der Waals surface area contributed by atoms with Crippen molar-refractivity contribution >= 4 is 28.5 Å². The minimum absolute atomic E-state index is 0.0530. The van der Waals surface area contributed by atoms with E-state index in [1.165, 1.54) is 10.3 Å². The van der Waals surface area contributed by atoms with Crippen LogP contribution < -0.4 is 4.90 Å². The summed E-state index contributed by atoms with van der Waals surface area (Å²) < 4.78 is 5.64. The number of thiazole rings is 1. The number of ether oxygens (including phenoxy) is 1. The molecule has 0 saturated heterocycles. The number of benzene rings is 2. The van der Waals surface area contributed by atoms with Gasteiger partial charge in [-0.25, -0.2) is 19.5 Å². The van der Waals surface area contributed by atoms with Crippen LogP contribution in [-0.4, -0.2) is 35.3 Å². The first-order valence-corrected chi connectivity index (χ1v) is 9.90. The van der Waals surface area contributed by atoms with Gasteiger partial charge in [-0.05, 0) is 22.3 Å². The number of carboxylic acids is 1. The summed E-state index contributed by atoms with van der Waals surface area (Å²) in [7, 11) is 0. The van der Waals surface area contributed by atoms with Crippen molar-refractivity contribution in [2.24, 2.45) is 0 Å². The van der Waals surface area contributed by atoms with Gasteiger partial charge in [0, 0.05) is 17.8 Å². The van der Waals surface area contributed by atoms with Crippen molar-refractivity contribution < 1.29 is 19.4 Å². The van der Waals surface area contributed by atoms with Crippen molar-refractivity contribution in [2.75, 3.05) is 18.1 Å². The molecule has 1 aromatic heterocycles. The van der Waals surface area contributed by atoms with E-state index in [0.717, 1.165) is 33.6 Å². The zero-order valence-electron chi connectivity index (χ0n) is 15.4. The van der Waals surface area contributed by atoms with Gasteiger partial charge in [-0.1, -0.05) is 54.6 Å². The lowest BCUT2D eigenvalue weighted by molar-refractivity contribution is 0.0691. The maximum atomic E-state index is 12.8. The highest BCUT2D eigenvalue weighted by atomic mass is 32.1. The van der Waals surface area contributed by atoms with Crippen molar-refractivity contribution in [1.29, 1.82) is 0 Å². The average Bonchev–Trinajstić information content (AvgIpc) is 3.34. The Hall–Kier alpha value is -3.45. The van der Waals surface area contributed by atoms with Crippen molar-refractivity contribution in [3.05, 3.63) is 83.4 Å². The summed E-state index contributed by atoms with van der Waals surface area (Å²) in [6.07, 6.45) is 0.960. The number of carbonyl (C=O) groups excluding carboxylic acids is 1. The molecule has 1 heterocycles. The quantitative estimate of drug-likeness (QED) is 0.596. The first-order chi connectivity index (χ1) is 14.1. The van der Waals surface area contributed by atoms with Gasteiger partial charge in [0.1, 0.15) is 6.61 Å². The zero-order chi connectivity index (χ0) is 20.4. The largest absolute Gasteiger partial charge is 0.476 e. The summed E-state index contributed by atoms with van der Waals surface area (Å²) in [6.45, 7) is 4.01. The molecule has 0 unspecified atom stereocenters. The molecule has 3 aromatic rings. The van der Waals surface area contributed by atoms with Crippen LogP contribution in [0.3, 0.4) is 0 Å². The van der Waals surface area contributed by atoms with Crippen LogP contribution in [0, 0.1) is 0 Å². The van der Waals surface area contributed by atoms with Gasteiger partial charge < -0.3 is 9.84 Å². The Kier molecular flexibility index (Phi) is 5.14. The second-order valence-corrected chi connectivity index (χ2v) is 7.36. The highest BCUT2D eigenvalue weighted by molar-refractivity contribution is 7.14. The molecular weight excluding hydrogens is 388 g/mol. The molecule has 0 radical (unpaired) electrons. The van der Waals surface area contributed by atoms with Gasteiger partial charge in [-0.2, -0.15) is 0 Å². The molecule has 0 saturated carbocycles. The lowest BCUT2D eigenvalue weighted by Crippen LogP contribution is -2.32. The molecule has 6 nitrogen and oxygen atoms in total. The predicted molar refractivity (Wildman–Crippen MR) is 112 cm³/mol. The van der Waals surface area contributed by atoms with Gasteiger partial charge >= 0.3 is 12.1 Å². The van der Waals surface area contributed by atoms with Crippen LogP contribution in [0.15, 0.2) is 66.6 Å². The minimum atomic E-state index is -1.14. The maximum Gasteiger partial charge on any atom is 0.416 e. The Bertz CT molecular complexity index is 1050. The molecule has 4 rings (SSSR count). The number of nitrogens with zero attached hydrogens (tertiary/aromatic N) is 2. The SMILES string of the molecule is C=CCN(C(=O)OCC1c2ccccc2-c2ccccc21)c1nc(C(=O)O)cs1. The molecule has 0 atom stereocenters. The summed E-state index contributed by atoms with van der Waals surface area (Å²) in [5, 5.41) is 10.7. The van der Waals surface area contributed by atoms with E-state index in [4.69, 9.17) is 9.84 Å². The van der Waals surface area contributed by atoms with E-state index in [2.05, 4.69) is 35.8 Å². The molecular formula is C22H18N2O4S. The highest BCUT2D eigenvalue weighted by Crippen LogP contribution is 2.44. The fourth-order valence-electron chi connectivity index (χ4n) is 3.52. The number of rotatable bonds is 6. The maximum absolute atomic E-state index is 12.8. The number of aromatic nitrogens is 1. The first kappa shape index (κ1) is 18.9. The van der Waals surface area contributed by atoms with Crippen LogP contribution in [0.4, 0.5) is 9.93 Å². The van der Waals surface area contributed by atoms with Crippen LogP contribution in [0.1, 0.15) is 27.5 Å². The minimum Gasteiger partial charge on any atom is -0.476 e. The van der Waals surface area contributed by atoms with Crippen molar-refractivity contribution in [2.45, 2.75) is 5.92 Å². The zero-order valence-corrected chi connectivity index (χ0v) is 16.3. The second-order valence-electron chi connectivity index (χ2n) is 6.52. The fourth-order valence-corrected chi connectivity index (χ4v) is 4.32. The predicted octanol–water partition coefficient (Wildman–Crippen LogP) is 4.78. The summed E-state index contributed by atoms with van der Waals surface area (Å²) in [6, 6.07) is 16.2. The number of carboxylic acid groups (broad SMARTS) is 1. The van der Waals surface area contributed by atoms with E-state index in [9.17, 15) is 9.59 Å². The molecule has 0 spiro atoms. The van der Waals surface area contributed by atoms with Crippen LogP contribution in [0.2, 0.25) is 0 Å². The lowest BCUT2D eigenvalue weighted by Gasteiger charge is -2.20. The molecule has 1 amide bonds. The first-order valence-electron chi connectivity index (χ1n) is 9.02. The summed E-state index contributed by atoms with van der Waals surface area (Å²) in [5.41, 5.74) is 4.44. The number of fused-ring (bicyclic) bond motifs is 3. The number of carbonyl (C=O) groups is 2. The van der Waals surface area contributed by atoms with E-state index < -0.39 is 12.1 Å². The molecule has 0 fully saturated rings. The average molecular weight is 406 g/mol. The van der Waals surface area contributed by atoms with E-state index in [-0.39, 0.29) is 29.9 Å². The fraction of sp³-hybridized carbons (Fsp3) is 0.136. The molecule has 2 aromatic carbocycles. The van der Waals surface area contributed by atoms with Crippen molar-refractivity contribution in [1.82, 2.24) is 4.98 Å². The third-order valence-corrected chi connectivity index (χ3v) is 5.67. The van der Waals surface area contributed by atoms with Crippen molar-refractivity contribution in [3.8, 4) is 11.1 Å². The van der Waals surface area contributed by atoms with Gasteiger partial charge in [-0.15, -0.1) is 17.9 Å². The smallest absolute Gasteiger partial charge is 0.416 e. The number of hydrogen-bond acceptors (Lipinski definition) is 5. The normalized spacial score (nSPS) is 12.1. The van der Waals surface area contributed by atoms with E-state index >= 15 is 0 Å². The molecule has 1 aliphatic rings. The molecule has 7 heteroatoms. The Morgan fingerprint density at radius 2 is 1.76 bits per heavy atom. The number of anilines is 1. The highest BCUT2D eigenvalue weighted by Gasteiger charge is 2.30. The molecule has 1 N–H and O–H groups in total. The molecule has 146 valence electrons. The second kappa shape index (κ2) is 7.89. The molecule has 0 aliphatic heterocycles. The van der Waals surface area contributed by atoms with Gasteiger partial charge in [0.2, 0.25) is 0 Å². The lowest BCUT2D eigenvalue weighted by atomic mass is 9.98. The van der Waals surface area contributed by atoms with E-state index in [1.807, 2.05) is 24.3 Å². The summed E-state index contributed by atoms with van der Waals surface area (Å²) in [5.74, 6) is -1.19. The van der Waals surface area contributed by atoms with Gasteiger partial charge in [-0.3, -0.25) is 0 Å². The Morgan fingerprint density at radius 1 is 1.14 bits per heavy atom. The van der Waals surface area contributed by atoms with Crippen LogP contribution in [0.5, 0.6) is 0 Å². The van der Waals surface area contributed by atoms with Crippen LogP contribution in [-0.2, 0) is 4.74 Å². The van der Waals surface area contributed by atoms with E-state index in [1.54, 1.807) is 6.08 Å². The topological polar surface area (TPSA) is 79.7 Å². The van der Waals surface area contributed by atoms with Gasteiger partial charge in [0.15, 0.2) is 10.8 Å². The van der Waals surface area contributed by atoms with Gasteiger partial charge in [0.25, 0.3) is 0 Å². The molecule has 0 bridgehead atoms. The summed E-state index contributed by atoms with van der Waals surface area (Å²) >= 11 is 1.07. The number of aromatic carboxylic acids is 1. The Labute approximate surface area is 171 Å². The third-order valence-electron chi connectivity index (χ3n) is 4.81.